The van der Waals surface area contributed by atoms with Crippen molar-refractivity contribution in [1.82, 2.24) is 9.88 Å². The molecule has 6 heteroatoms. The largest absolute Gasteiger partial charge is 0.368 e. The van der Waals surface area contributed by atoms with E-state index in [1.807, 2.05) is 22.4 Å². The molecule has 1 aromatic carbocycles. The van der Waals surface area contributed by atoms with Crippen LogP contribution in [0.25, 0.3) is 0 Å². The van der Waals surface area contributed by atoms with Gasteiger partial charge in [-0.1, -0.05) is 18.2 Å². The Balaban J connectivity index is 1.43. The number of hydrogen-bond donors (Lipinski definition) is 0. The number of ether oxygens (including phenoxy) is 1. The van der Waals surface area contributed by atoms with E-state index in [0.717, 1.165) is 43.2 Å². The van der Waals surface area contributed by atoms with Crippen LogP contribution in [0.1, 0.15) is 23.1 Å². The molecule has 0 radical (unpaired) electrons. The Morgan fingerprint density at radius 1 is 1.33 bits per heavy atom. The molecule has 4 rings (SSSR count). The van der Waals surface area contributed by atoms with Gasteiger partial charge in [0.05, 0.1) is 13.2 Å². The van der Waals surface area contributed by atoms with Gasteiger partial charge in [0.25, 0.3) is 0 Å². The predicted octanol–water partition coefficient (Wildman–Crippen LogP) is 2.50. The van der Waals surface area contributed by atoms with Crippen molar-refractivity contribution in [2.45, 2.75) is 18.9 Å². The van der Waals surface area contributed by atoms with Crippen LogP contribution in [0.5, 0.6) is 0 Å². The van der Waals surface area contributed by atoms with Crippen molar-refractivity contribution in [3.05, 3.63) is 46.4 Å². The molecule has 0 bridgehead atoms. The molecule has 1 atom stereocenters. The Kier molecular flexibility index (Phi) is 4.60. The summed E-state index contributed by atoms with van der Waals surface area (Å²) < 4.78 is 5.82. The summed E-state index contributed by atoms with van der Waals surface area (Å²) in [6, 6.07) is 8.25. The van der Waals surface area contributed by atoms with Crippen LogP contribution in [0.15, 0.2) is 35.8 Å². The molecule has 24 heavy (non-hydrogen) atoms. The Morgan fingerprint density at radius 2 is 2.25 bits per heavy atom. The van der Waals surface area contributed by atoms with E-state index in [1.54, 1.807) is 17.5 Å². The molecule has 1 saturated heterocycles. The summed E-state index contributed by atoms with van der Waals surface area (Å²) in [6.45, 7) is 3.43. The van der Waals surface area contributed by atoms with Crippen molar-refractivity contribution in [3.8, 4) is 0 Å². The number of morpholine rings is 1. The normalized spacial score (nSPS) is 21.5. The van der Waals surface area contributed by atoms with E-state index in [2.05, 4.69) is 22.0 Å². The smallest absolute Gasteiger partial charge is 0.241 e. The fourth-order valence-corrected chi connectivity index (χ4v) is 4.14. The number of carbonyl (C=O) groups excluding carboxylic acids is 1. The number of hydrogen-bond acceptors (Lipinski definition) is 5. The molecule has 2 aromatic rings. The molecule has 5 nitrogen and oxygen atoms in total. The number of rotatable bonds is 3. The highest BCUT2D eigenvalue weighted by Gasteiger charge is 2.28. The number of benzene rings is 1. The maximum absolute atomic E-state index is 12.9. The maximum atomic E-state index is 12.9. The van der Waals surface area contributed by atoms with E-state index in [4.69, 9.17) is 4.74 Å². The SMILES string of the molecule is O=C(CN1CCOC(c2nccs2)C1)N1CCCc2ccccc21. The van der Waals surface area contributed by atoms with Gasteiger partial charge < -0.3 is 9.64 Å². The van der Waals surface area contributed by atoms with Gasteiger partial charge in [0.2, 0.25) is 5.91 Å². The number of aryl methyl sites for hydroxylation is 1. The first-order chi connectivity index (χ1) is 11.8. The Labute approximate surface area is 145 Å². The van der Waals surface area contributed by atoms with Gasteiger partial charge in [-0.2, -0.15) is 0 Å². The molecule has 0 spiro atoms. The second-order valence-electron chi connectivity index (χ2n) is 6.24. The summed E-state index contributed by atoms with van der Waals surface area (Å²) in [5.74, 6) is 0.182. The van der Waals surface area contributed by atoms with E-state index < -0.39 is 0 Å². The number of anilines is 1. The van der Waals surface area contributed by atoms with Gasteiger partial charge in [-0.25, -0.2) is 4.98 Å². The highest BCUT2D eigenvalue weighted by molar-refractivity contribution is 7.09. The van der Waals surface area contributed by atoms with Gasteiger partial charge in [-0.05, 0) is 24.5 Å². The first-order valence-electron chi connectivity index (χ1n) is 8.43. The van der Waals surface area contributed by atoms with Crippen LogP contribution >= 0.6 is 11.3 Å². The van der Waals surface area contributed by atoms with E-state index in [0.29, 0.717) is 13.2 Å². The molecular formula is C18H21N3O2S. The van der Waals surface area contributed by atoms with Crippen LogP contribution in [0.2, 0.25) is 0 Å². The molecule has 1 amide bonds. The Hall–Kier alpha value is -1.76. The van der Waals surface area contributed by atoms with Gasteiger partial charge in [0, 0.05) is 36.9 Å². The highest BCUT2D eigenvalue weighted by Crippen LogP contribution is 2.28. The van der Waals surface area contributed by atoms with Crippen LogP contribution in [0.3, 0.4) is 0 Å². The summed E-state index contributed by atoms with van der Waals surface area (Å²) in [6.07, 6.45) is 3.88. The van der Waals surface area contributed by atoms with Gasteiger partial charge in [-0.3, -0.25) is 9.69 Å². The van der Waals surface area contributed by atoms with E-state index >= 15 is 0 Å². The molecule has 3 heterocycles. The van der Waals surface area contributed by atoms with Crippen LogP contribution in [0, 0.1) is 0 Å². The first-order valence-corrected chi connectivity index (χ1v) is 9.31. The number of amides is 1. The van der Waals surface area contributed by atoms with Gasteiger partial charge in [0.15, 0.2) is 0 Å². The van der Waals surface area contributed by atoms with Crippen molar-refractivity contribution in [2.75, 3.05) is 37.7 Å². The molecule has 0 saturated carbocycles. The van der Waals surface area contributed by atoms with Crippen LogP contribution in [-0.4, -0.2) is 48.6 Å². The van der Waals surface area contributed by atoms with Crippen LogP contribution in [-0.2, 0) is 16.0 Å². The standard InChI is InChI=1S/C18H21N3O2S/c22-17(21-8-3-5-14-4-1-2-6-15(14)21)13-20-9-10-23-16(12-20)18-19-7-11-24-18/h1-2,4,6-7,11,16H,3,5,8-10,12-13H2. The second-order valence-corrected chi connectivity index (χ2v) is 7.17. The van der Waals surface area contributed by atoms with Gasteiger partial charge in [0.1, 0.15) is 11.1 Å². The molecule has 0 N–H and O–H groups in total. The van der Waals surface area contributed by atoms with Crippen LogP contribution < -0.4 is 4.90 Å². The average Bonchev–Trinajstić information content (AvgIpc) is 3.16. The minimum atomic E-state index is -0.0137. The van der Waals surface area contributed by atoms with Crippen molar-refractivity contribution in [1.29, 1.82) is 0 Å². The first kappa shape index (κ1) is 15.7. The predicted molar refractivity (Wildman–Crippen MR) is 94.4 cm³/mol. The van der Waals surface area contributed by atoms with Crippen molar-refractivity contribution in [3.63, 3.8) is 0 Å². The third kappa shape index (κ3) is 3.22. The Bertz CT molecular complexity index is 704. The molecule has 1 unspecified atom stereocenters. The molecule has 1 aromatic heterocycles. The molecule has 0 aliphatic carbocycles. The summed E-state index contributed by atoms with van der Waals surface area (Å²) >= 11 is 1.61. The monoisotopic (exact) mass is 343 g/mol. The zero-order valence-electron chi connectivity index (χ0n) is 13.6. The fourth-order valence-electron chi connectivity index (χ4n) is 3.46. The Morgan fingerprint density at radius 3 is 3.12 bits per heavy atom. The number of nitrogens with zero attached hydrogens (tertiary/aromatic N) is 3. The minimum Gasteiger partial charge on any atom is -0.368 e. The molecule has 2 aliphatic rings. The molecule has 2 aliphatic heterocycles. The third-order valence-corrected chi connectivity index (χ3v) is 5.52. The highest BCUT2D eigenvalue weighted by atomic mass is 32.1. The fraction of sp³-hybridized carbons (Fsp3) is 0.444. The van der Waals surface area contributed by atoms with Gasteiger partial charge in [-0.15, -0.1) is 11.3 Å². The third-order valence-electron chi connectivity index (χ3n) is 4.65. The lowest BCUT2D eigenvalue weighted by atomic mass is 10.0. The maximum Gasteiger partial charge on any atom is 0.241 e. The lowest BCUT2D eigenvalue weighted by Crippen LogP contribution is -2.46. The lowest BCUT2D eigenvalue weighted by molar-refractivity contribution is -0.122. The molecular weight excluding hydrogens is 322 g/mol. The number of fused-ring (bicyclic) bond motifs is 1. The van der Waals surface area contributed by atoms with Crippen molar-refractivity contribution < 1.29 is 9.53 Å². The number of para-hydroxylation sites is 1. The summed E-state index contributed by atoms with van der Waals surface area (Å²) in [5.41, 5.74) is 2.36. The summed E-state index contributed by atoms with van der Waals surface area (Å²) in [7, 11) is 0. The number of aromatic nitrogens is 1. The lowest BCUT2D eigenvalue weighted by Gasteiger charge is -2.35. The second kappa shape index (κ2) is 7.01. The minimum absolute atomic E-state index is 0.0137. The van der Waals surface area contributed by atoms with E-state index in [-0.39, 0.29) is 12.0 Å². The quantitative estimate of drug-likeness (QED) is 0.859. The van der Waals surface area contributed by atoms with Crippen molar-refractivity contribution >= 4 is 22.9 Å². The number of carbonyl (C=O) groups is 1. The summed E-state index contributed by atoms with van der Waals surface area (Å²) in [4.78, 5) is 21.3. The average molecular weight is 343 g/mol. The topological polar surface area (TPSA) is 45.7 Å². The van der Waals surface area contributed by atoms with Gasteiger partial charge >= 0.3 is 0 Å². The zero-order chi connectivity index (χ0) is 16.4. The molecule has 126 valence electrons. The van der Waals surface area contributed by atoms with E-state index in [9.17, 15) is 4.79 Å². The van der Waals surface area contributed by atoms with Crippen LogP contribution in [0.4, 0.5) is 5.69 Å². The zero-order valence-corrected chi connectivity index (χ0v) is 14.4. The summed E-state index contributed by atoms with van der Waals surface area (Å²) in [5, 5.41) is 2.96. The number of thiazole rings is 1. The van der Waals surface area contributed by atoms with E-state index in [1.165, 1.54) is 5.56 Å². The molecule has 1 fully saturated rings. The van der Waals surface area contributed by atoms with Crippen molar-refractivity contribution in [2.24, 2.45) is 0 Å².